The molecule has 1 fully saturated rings. The zero-order valence-electron chi connectivity index (χ0n) is 23.1. The quantitative estimate of drug-likeness (QED) is 0.239. The molecule has 5 aromatic rings. The van der Waals surface area contributed by atoms with Crippen LogP contribution in [-0.4, -0.2) is 57.9 Å². The number of rotatable bonds is 8. The first-order chi connectivity index (χ1) is 20.0. The van der Waals surface area contributed by atoms with Crippen LogP contribution in [0.2, 0.25) is 0 Å². The number of carbonyl (C=O) groups excluding carboxylic acids is 1. The Morgan fingerprint density at radius 3 is 2.68 bits per heavy atom. The predicted octanol–water partition coefficient (Wildman–Crippen LogP) is 5.29. The summed E-state index contributed by atoms with van der Waals surface area (Å²) in [5.74, 6) is 0.216. The van der Waals surface area contributed by atoms with E-state index in [9.17, 15) is 9.18 Å². The average Bonchev–Trinajstić information content (AvgIpc) is 3.67. The fourth-order valence-electron chi connectivity index (χ4n) is 4.72. The van der Waals surface area contributed by atoms with Crippen LogP contribution in [0, 0.1) is 12.7 Å². The molecule has 6 heterocycles. The number of nitrogens with zero attached hydrogens (tertiary/aromatic N) is 8. The van der Waals surface area contributed by atoms with E-state index in [1.165, 1.54) is 62.6 Å². The molecule has 0 atom stereocenters. The van der Waals surface area contributed by atoms with Crippen molar-refractivity contribution in [2.75, 3.05) is 23.7 Å². The van der Waals surface area contributed by atoms with Gasteiger partial charge >= 0.3 is 0 Å². The van der Waals surface area contributed by atoms with Gasteiger partial charge in [-0.15, -0.1) is 0 Å². The molecule has 6 rings (SSSR count). The first kappa shape index (κ1) is 28.3. The Hall–Kier alpha value is -4.23. The molecule has 1 saturated heterocycles. The van der Waals surface area contributed by atoms with Gasteiger partial charge in [0.25, 0.3) is 0 Å². The lowest BCUT2D eigenvalue weighted by molar-refractivity contribution is -0.105. The Bertz CT molecular complexity index is 1590. The van der Waals surface area contributed by atoms with E-state index >= 15 is 0 Å². The lowest BCUT2D eigenvalue weighted by Gasteiger charge is -2.17. The van der Waals surface area contributed by atoms with Crippen molar-refractivity contribution in [2.45, 2.75) is 52.6 Å². The molecule has 11 nitrogen and oxygen atoms in total. The van der Waals surface area contributed by atoms with E-state index in [0.29, 0.717) is 6.41 Å². The third-order valence-corrected chi connectivity index (χ3v) is 7.48. The minimum atomic E-state index is -0.533. The van der Waals surface area contributed by atoms with Crippen molar-refractivity contribution in [3.63, 3.8) is 0 Å². The van der Waals surface area contributed by atoms with Crippen molar-refractivity contribution in [3.05, 3.63) is 66.5 Å². The first-order valence-corrected chi connectivity index (χ1v) is 14.4. The van der Waals surface area contributed by atoms with E-state index in [1.807, 2.05) is 36.4 Å². The summed E-state index contributed by atoms with van der Waals surface area (Å²) in [5, 5.41) is 11.0. The van der Waals surface area contributed by atoms with Crippen LogP contribution in [0.3, 0.4) is 0 Å². The van der Waals surface area contributed by atoms with Gasteiger partial charge in [0.05, 0.1) is 41.4 Å². The van der Waals surface area contributed by atoms with Crippen LogP contribution in [-0.2, 0) is 17.9 Å². The van der Waals surface area contributed by atoms with Gasteiger partial charge in [-0.1, -0.05) is 12.8 Å². The molecule has 13 heteroatoms. The zero-order valence-corrected chi connectivity index (χ0v) is 23.9. The predicted molar refractivity (Wildman–Crippen MR) is 158 cm³/mol. The SMILES string of the molecule is CCn1cc(-c2cnc3c(Nc4cc(CN5CCCCCC5)ns4)nc(C)cn23)cn1.O=CNc1ccncc1F. The van der Waals surface area contributed by atoms with Gasteiger partial charge < -0.3 is 10.6 Å². The number of nitrogens with one attached hydrogen (secondary N) is 2. The number of carbonyl (C=O) groups is 1. The summed E-state index contributed by atoms with van der Waals surface area (Å²) in [4.78, 5) is 25.2. The highest BCUT2D eigenvalue weighted by Crippen LogP contribution is 2.28. The number of hydrogen-bond acceptors (Lipinski definition) is 9. The highest BCUT2D eigenvalue weighted by molar-refractivity contribution is 7.10. The van der Waals surface area contributed by atoms with Gasteiger partial charge in [0.1, 0.15) is 5.00 Å². The van der Waals surface area contributed by atoms with Crippen LogP contribution in [0.15, 0.2) is 49.3 Å². The van der Waals surface area contributed by atoms with E-state index in [0.717, 1.165) is 58.4 Å². The van der Waals surface area contributed by atoms with Gasteiger partial charge in [-0.2, -0.15) is 9.47 Å². The molecule has 0 aliphatic carbocycles. The third kappa shape index (κ3) is 7.11. The number of pyridine rings is 1. The molecule has 0 radical (unpaired) electrons. The van der Waals surface area contributed by atoms with Crippen molar-refractivity contribution in [3.8, 4) is 11.3 Å². The van der Waals surface area contributed by atoms with E-state index < -0.39 is 5.82 Å². The standard InChI is InChI=1S/C22H28N8S.C6H5FN2O/c1-3-29-14-17(11-24-29)19-12-23-22-21(25-16(2)13-30(19)22)26-20-10-18(27-31-20)15-28-8-6-4-5-7-9-28;7-5-3-8-2-1-6(5)9-4-10/h10-14H,3-9,15H2,1-2H3,(H,25,26);1-4H,(H,8,9,10). The second kappa shape index (κ2) is 13.4. The fourth-order valence-corrected chi connectivity index (χ4v) is 5.37. The first-order valence-electron chi connectivity index (χ1n) is 13.7. The summed E-state index contributed by atoms with van der Waals surface area (Å²) in [6.45, 7) is 8.19. The number of aryl methyl sites for hydroxylation is 2. The molecule has 0 spiro atoms. The molecular weight excluding hydrogens is 543 g/mol. The maximum atomic E-state index is 12.5. The van der Waals surface area contributed by atoms with E-state index in [2.05, 4.69) is 52.4 Å². The molecule has 41 heavy (non-hydrogen) atoms. The molecule has 0 aromatic carbocycles. The van der Waals surface area contributed by atoms with Gasteiger partial charge in [0.15, 0.2) is 17.3 Å². The molecule has 1 amide bonds. The Morgan fingerprint density at radius 1 is 1.12 bits per heavy atom. The number of aromatic nitrogens is 7. The van der Waals surface area contributed by atoms with E-state index in [1.54, 1.807) is 0 Å². The summed E-state index contributed by atoms with van der Waals surface area (Å²) in [7, 11) is 0. The molecule has 0 saturated carbocycles. The van der Waals surface area contributed by atoms with Gasteiger partial charge in [0, 0.05) is 37.2 Å². The van der Waals surface area contributed by atoms with Gasteiger partial charge in [-0.25, -0.2) is 14.4 Å². The Kier molecular flexibility index (Phi) is 9.26. The van der Waals surface area contributed by atoms with Gasteiger partial charge in [0.2, 0.25) is 6.41 Å². The minimum Gasteiger partial charge on any atom is -0.328 e. The number of likely N-dealkylation sites (tertiary alicyclic amines) is 1. The van der Waals surface area contributed by atoms with Crippen molar-refractivity contribution in [2.24, 2.45) is 0 Å². The molecular formula is C28H33FN10OS. The van der Waals surface area contributed by atoms with Gasteiger partial charge in [-0.3, -0.25) is 23.8 Å². The molecule has 1 aliphatic heterocycles. The van der Waals surface area contributed by atoms with Crippen LogP contribution in [0.5, 0.6) is 0 Å². The second-order valence-electron chi connectivity index (χ2n) is 9.77. The summed E-state index contributed by atoms with van der Waals surface area (Å²) in [5.41, 5.74) is 5.04. The van der Waals surface area contributed by atoms with Crippen molar-refractivity contribution >= 4 is 40.1 Å². The largest absolute Gasteiger partial charge is 0.328 e. The molecule has 0 bridgehead atoms. The summed E-state index contributed by atoms with van der Waals surface area (Å²) < 4.78 is 21.2. The summed E-state index contributed by atoms with van der Waals surface area (Å²) in [6.07, 6.45) is 16.0. The maximum absolute atomic E-state index is 12.5. The Balaban J connectivity index is 0.000000287. The van der Waals surface area contributed by atoms with Crippen LogP contribution in [0.4, 0.5) is 20.9 Å². The smallest absolute Gasteiger partial charge is 0.211 e. The highest BCUT2D eigenvalue weighted by Gasteiger charge is 2.15. The van der Waals surface area contributed by atoms with Crippen LogP contribution >= 0.6 is 11.5 Å². The minimum absolute atomic E-state index is 0.144. The second-order valence-corrected chi connectivity index (χ2v) is 10.6. The average molecular weight is 577 g/mol. The number of hydrogen-bond donors (Lipinski definition) is 2. The highest BCUT2D eigenvalue weighted by atomic mass is 32.1. The molecule has 2 N–H and O–H groups in total. The van der Waals surface area contributed by atoms with E-state index in [4.69, 9.17) is 4.98 Å². The molecule has 1 aliphatic rings. The van der Waals surface area contributed by atoms with E-state index in [-0.39, 0.29) is 5.69 Å². The van der Waals surface area contributed by atoms with Crippen LogP contribution < -0.4 is 10.6 Å². The molecule has 0 unspecified atom stereocenters. The number of fused-ring (bicyclic) bond motifs is 1. The van der Waals surface area contributed by atoms with Crippen molar-refractivity contribution in [1.29, 1.82) is 0 Å². The number of anilines is 3. The maximum Gasteiger partial charge on any atom is 0.211 e. The summed E-state index contributed by atoms with van der Waals surface area (Å²) in [6, 6.07) is 3.52. The zero-order chi connectivity index (χ0) is 28.6. The van der Waals surface area contributed by atoms with Crippen molar-refractivity contribution < 1.29 is 9.18 Å². The summed E-state index contributed by atoms with van der Waals surface area (Å²) >= 11 is 1.48. The molecule has 5 aromatic heterocycles. The topological polar surface area (TPSA) is 118 Å². The monoisotopic (exact) mass is 576 g/mol. The van der Waals surface area contributed by atoms with Crippen LogP contribution in [0.1, 0.15) is 44.0 Å². The lowest BCUT2D eigenvalue weighted by atomic mass is 10.2. The van der Waals surface area contributed by atoms with Gasteiger partial charge in [-0.05, 0) is 63.4 Å². The lowest BCUT2D eigenvalue weighted by Crippen LogP contribution is -2.24. The number of amides is 1. The number of imidazole rings is 1. The molecule has 214 valence electrons. The Morgan fingerprint density at radius 2 is 1.95 bits per heavy atom. The Labute approximate surface area is 241 Å². The van der Waals surface area contributed by atoms with Crippen LogP contribution in [0.25, 0.3) is 16.9 Å². The third-order valence-electron chi connectivity index (χ3n) is 6.74. The fraction of sp³-hybridized carbons (Fsp3) is 0.357. The normalized spacial score (nSPS) is 13.8. The van der Waals surface area contributed by atoms with Crippen molar-refractivity contribution in [1.82, 2.24) is 38.4 Å². The number of halogens is 1.